The molecule has 1 aromatic carbocycles. The second-order valence-corrected chi connectivity index (χ2v) is 3.32. The van der Waals surface area contributed by atoms with Gasteiger partial charge in [0, 0.05) is 24.5 Å². The van der Waals surface area contributed by atoms with Crippen molar-refractivity contribution in [1.29, 1.82) is 0 Å². The average Bonchev–Trinajstić information content (AvgIpc) is 2.81. The smallest absolute Gasteiger partial charge is 0.137 e. The lowest BCUT2D eigenvalue weighted by Gasteiger charge is -2.04. The second kappa shape index (κ2) is 4.11. The molecule has 0 aliphatic heterocycles. The van der Waals surface area contributed by atoms with Crippen LogP contribution in [0.1, 0.15) is 17.0 Å². The molecule has 3 nitrogen and oxygen atoms in total. The van der Waals surface area contributed by atoms with E-state index in [1.54, 1.807) is 12.4 Å². The average molecular weight is 199 g/mol. The molecule has 0 aliphatic rings. The highest BCUT2D eigenvalue weighted by molar-refractivity contribution is 5.74. The van der Waals surface area contributed by atoms with Gasteiger partial charge >= 0.3 is 0 Å². The second-order valence-electron chi connectivity index (χ2n) is 3.32. The summed E-state index contributed by atoms with van der Waals surface area (Å²) < 4.78 is 0. The molecule has 2 rings (SSSR count). The standard InChI is InChI=1S/C12H13N3/c1-9(12-14-5-6-15-12)11-4-2-3-10(7-11)8-13/h2-7H,1,8,13H2,(H,14,15). The van der Waals surface area contributed by atoms with E-state index in [1.807, 2.05) is 24.3 Å². The van der Waals surface area contributed by atoms with Crippen LogP contribution < -0.4 is 5.73 Å². The van der Waals surface area contributed by atoms with Crippen LogP contribution in [0, 0.1) is 0 Å². The molecule has 0 amide bonds. The van der Waals surface area contributed by atoms with Gasteiger partial charge in [0.05, 0.1) is 0 Å². The van der Waals surface area contributed by atoms with Crippen LogP contribution in [0.3, 0.4) is 0 Å². The van der Waals surface area contributed by atoms with Gasteiger partial charge in [0.15, 0.2) is 0 Å². The lowest BCUT2D eigenvalue weighted by Crippen LogP contribution is -1.97. The molecule has 76 valence electrons. The normalized spacial score (nSPS) is 10.2. The van der Waals surface area contributed by atoms with Gasteiger partial charge < -0.3 is 10.7 Å². The van der Waals surface area contributed by atoms with Crippen molar-refractivity contribution in [3.05, 3.63) is 60.2 Å². The number of rotatable bonds is 3. The summed E-state index contributed by atoms with van der Waals surface area (Å²) in [6.07, 6.45) is 3.50. The van der Waals surface area contributed by atoms with Crippen molar-refractivity contribution in [3.63, 3.8) is 0 Å². The Balaban J connectivity index is 2.34. The van der Waals surface area contributed by atoms with Gasteiger partial charge in [-0.1, -0.05) is 24.8 Å². The number of imidazole rings is 1. The topological polar surface area (TPSA) is 54.7 Å². The number of hydrogen-bond acceptors (Lipinski definition) is 2. The van der Waals surface area contributed by atoms with Gasteiger partial charge in [-0.15, -0.1) is 0 Å². The molecule has 2 aromatic rings. The Morgan fingerprint density at radius 1 is 1.47 bits per heavy atom. The Hall–Kier alpha value is -1.87. The molecule has 0 bridgehead atoms. The van der Waals surface area contributed by atoms with Crippen LogP contribution in [0.4, 0.5) is 0 Å². The highest BCUT2D eigenvalue weighted by atomic mass is 14.9. The van der Waals surface area contributed by atoms with Gasteiger partial charge in [0.1, 0.15) is 5.82 Å². The third-order valence-corrected chi connectivity index (χ3v) is 2.30. The van der Waals surface area contributed by atoms with Crippen LogP contribution in [0.5, 0.6) is 0 Å². The predicted octanol–water partition coefficient (Wildman–Crippen LogP) is 1.93. The van der Waals surface area contributed by atoms with Gasteiger partial charge in [-0.3, -0.25) is 0 Å². The zero-order chi connectivity index (χ0) is 10.7. The van der Waals surface area contributed by atoms with Gasteiger partial charge in [-0.05, 0) is 17.2 Å². The van der Waals surface area contributed by atoms with E-state index in [2.05, 4.69) is 16.5 Å². The van der Waals surface area contributed by atoms with Crippen LogP contribution in [0.25, 0.3) is 5.57 Å². The van der Waals surface area contributed by atoms with Crippen molar-refractivity contribution in [3.8, 4) is 0 Å². The minimum atomic E-state index is 0.541. The maximum absolute atomic E-state index is 5.58. The molecule has 0 aliphatic carbocycles. The molecule has 0 atom stereocenters. The number of aromatic amines is 1. The van der Waals surface area contributed by atoms with E-state index in [-0.39, 0.29) is 0 Å². The first-order valence-corrected chi connectivity index (χ1v) is 4.79. The van der Waals surface area contributed by atoms with Crippen LogP contribution in [-0.4, -0.2) is 9.97 Å². The zero-order valence-corrected chi connectivity index (χ0v) is 8.40. The first-order chi connectivity index (χ1) is 7.31. The maximum atomic E-state index is 5.58. The zero-order valence-electron chi connectivity index (χ0n) is 8.40. The Bertz CT molecular complexity index is 457. The van der Waals surface area contributed by atoms with Gasteiger partial charge in [-0.2, -0.15) is 0 Å². The predicted molar refractivity (Wildman–Crippen MR) is 61.1 cm³/mol. The summed E-state index contributed by atoms with van der Waals surface area (Å²) in [5.41, 5.74) is 8.62. The summed E-state index contributed by atoms with van der Waals surface area (Å²) in [5.74, 6) is 0.796. The maximum Gasteiger partial charge on any atom is 0.137 e. The quantitative estimate of drug-likeness (QED) is 0.793. The van der Waals surface area contributed by atoms with Crippen LogP contribution in [-0.2, 0) is 6.54 Å². The first kappa shape index (κ1) is 9.68. The summed E-state index contributed by atoms with van der Waals surface area (Å²) in [5, 5.41) is 0. The number of aromatic nitrogens is 2. The molecule has 0 saturated carbocycles. The van der Waals surface area contributed by atoms with E-state index in [1.165, 1.54) is 0 Å². The number of nitrogens with zero attached hydrogens (tertiary/aromatic N) is 1. The number of nitrogens with one attached hydrogen (secondary N) is 1. The number of H-pyrrole nitrogens is 1. The van der Waals surface area contributed by atoms with E-state index in [4.69, 9.17) is 5.73 Å². The molecule has 3 N–H and O–H groups in total. The lowest BCUT2D eigenvalue weighted by molar-refractivity contribution is 1.07. The Labute approximate surface area is 88.7 Å². The SMILES string of the molecule is C=C(c1cccc(CN)c1)c1ncc[nH]1. The molecular formula is C12H13N3. The van der Waals surface area contributed by atoms with E-state index in [9.17, 15) is 0 Å². The van der Waals surface area contributed by atoms with Crippen LogP contribution in [0.2, 0.25) is 0 Å². The van der Waals surface area contributed by atoms with Crippen molar-refractivity contribution < 1.29 is 0 Å². The van der Waals surface area contributed by atoms with Gasteiger partial charge in [-0.25, -0.2) is 4.98 Å². The van der Waals surface area contributed by atoms with E-state index in [0.29, 0.717) is 6.54 Å². The Morgan fingerprint density at radius 2 is 2.33 bits per heavy atom. The molecule has 3 heteroatoms. The summed E-state index contributed by atoms with van der Waals surface area (Å²) in [7, 11) is 0. The molecule has 1 heterocycles. The largest absolute Gasteiger partial charge is 0.345 e. The fraction of sp³-hybridized carbons (Fsp3) is 0.0833. The third-order valence-electron chi connectivity index (χ3n) is 2.30. The van der Waals surface area contributed by atoms with Gasteiger partial charge in [0.25, 0.3) is 0 Å². The Morgan fingerprint density at radius 3 is 3.00 bits per heavy atom. The molecule has 0 unspecified atom stereocenters. The monoisotopic (exact) mass is 199 g/mol. The van der Waals surface area contributed by atoms with Crippen molar-refractivity contribution >= 4 is 5.57 Å². The fourth-order valence-corrected chi connectivity index (χ4v) is 1.45. The summed E-state index contributed by atoms with van der Waals surface area (Å²) in [6.45, 7) is 4.55. The molecule has 15 heavy (non-hydrogen) atoms. The Kier molecular flexibility index (Phi) is 2.65. The first-order valence-electron chi connectivity index (χ1n) is 4.79. The minimum absolute atomic E-state index is 0.541. The highest BCUT2D eigenvalue weighted by Gasteiger charge is 2.04. The van der Waals surface area contributed by atoms with Crippen molar-refractivity contribution in [1.82, 2.24) is 9.97 Å². The molecule has 0 fully saturated rings. The highest BCUT2D eigenvalue weighted by Crippen LogP contribution is 2.18. The fourth-order valence-electron chi connectivity index (χ4n) is 1.45. The van der Waals surface area contributed by atoms with Gasteiger partial charge in [0.2, 0.25) is 0 Å². The molecule has 0 spiro atoms. The van der Waals surface area contributed by atoms with E-state index >= 15 is 0 Å². The summed E-state index contributed by atoms with van der Waals surface area (Å²) >= 11 is 0. The number of hydrogen-bond donors (Lipinski definition) is 2. The van der Waals surface area contributed by atoms with Crippen molar-refractivity contribution in [2.45, 2.75) is 6.54 Å². The summed E-state index contributed by atoms with van der Waals surface area (Å²) in [6, 6.07) is 8.01. The number of nitrogens with two attached hydrogens (primary N) is 1. The molecule has 0 radical (unpaired) electrons. The number of benzene rings is 1. The minimum Gasteiger partial charge on any atom is -0.345 e. The van der Waals surface area contributed by atoms with Crippen LogP contribution >= 0.6 is 0 Å². The molecule has 1 aromatic heterocycles. The molecular weight excluding hydrogens is 186 g/mol. The van der Waals surface area contributed by atoms with Crippen LogP contribution in [0.15, 0.2) is 43.2 Å². The van der Waals surface area contributed by atoms with Crippen molar-refractivity contribution in [2.24, 2.45) is 5.73 Å². The van der Waals surface area contributed by atoms with E-state index < -0.39 is 0 Å². The summed E-state index contributed by atoms with van der Waals surface area (Å²) in [4.78, 5) is 7.19. The lowest BCUT2D eigenvalue weighted by atomic mass is 10.0. The van der Waals surface area contributed by atoms with E-state index in [0.717, 1.165) is 22.5 Å². The molecule has 0 saturated heterocycles. The van der Waals surface area contributed by atoms with Crippen molar-refractivity contribution in [2.75, 3.05) is 0 Å². The third kappa shape index (κ3) is 1.97.